The Morgan fingerprint density at radius 2 is 1.77 bits per heavy atom. The van der Waals surface area contributed by atoms with E-state index in [0.717, 1.165) is 29.7 Å². The van der Waals surface area contributed by atoms with Gasteiger partial charge in [0.2, 0.25) is 15.9 Å². The lowest BCUT2D eigenvalue weighted by Crippen LogP contribution is -2.36. The van der Waals surface area contributed by atoms with Crippen molar-refractivity contribution in [3.63, 3.8) is 0 Å². The van der Waals surface area contributed by atoms with Crippen LogP contribution in [0.2, 0.25) is 0 Å². The first kappa shape index (κ1) is 41.4. The number of aryl methyl sites for hydroxylation is 1. The van der Waals surface area contributed by atoms with Crippen LogP contribution in [0.4, 0.5) is 41.7 Å². The Kier molecular flexibility index (Phi) is 9.93. The monoisotopic (exact) mass is 879 g/mol. The summed E-state index contributed by atoms with van der Waals surface area (Å²) in [6.45, 7) is 2.18. The SMILES string of the molecule is Cn1nc(NS(C)(=O)=O)c2cccc(-c3cc4sc(NCC(C)(C)O)nc4nc3[C@H](Cc3cc(F)cc(F)c3)NC(=O)Cn3nc(C(F)(F)F)c4c3C(F)(F)[C@@H]3CC[C@H]43)c21. The fraction of sp³-hybridized carbons (Fsp3) is 0.395. The number of benzene rings is 2. The summed E-state index contributed by atoms with van der Waals surface area (Å²) in [5.41, 5.74) is -2.94. The van der Waals surface area contributed by atoms with E-state index in [0.29, 0.717) is 42.6 Å². The molecule has 0 bridgehead atoms. The van der Waals surface area contributed by atoms with E-state index in [9.17, 15) is 40.3 Å². The second-order valence-corrected chi connectivity index (χ2v) is 18.5. The lowest BCUT2D eigenvalue weighted by Gasteiger charge is -2.34. The van der Waals surface area contributed by atoms with Crippen molar-refractivity contribution in [2.24, 2.45) is 13.0 Å². The smallest absolute Gasteiger partial charge is 0.389 e. The largest absolute Gasteiger partial charge is 0.435 e. The van der Waals surface area contributed by atoms with Crippen LogP contribution in [-0.2, 0) is 46.9 Å². The number of amides is 1. The maximum absolute atomic E-state index is 15.7. The summed E-state index contributed by atoms with van der Waals surface area (Å²) in [4.78, 5) is 23.4. The van der Waals surface area contributed by atoms with Crippen molar-refractivity contribution in [2.45, 2.75) is 69.3 Å². The third kappa shape index (κ3) is 7.75. The summed E-state index contributed by atoms with van der Waals surface area (Å²) >= 11 is 1.16. The highest BCUT2D eigenvalue weighted by atomic mass is 32.2. The number of alkyl halides is 5. The number of pyridine rings is 1. The molecule has 0 spiro atoms. The number of aromatic nitrogens is 6. The minimum atomic E-state index is -5.08. The van der Waals surface area contributed by atoms with E-state index in [4.69, 9.17) is 4.98 Å². The van der Waals surface area contributed by atoms with E-state index >= 15 is 8.78 Å². The number of nitrogens with zero attached hydrogens (tertiary/aromatic N) is 6. The first-order valence-electron chi connectivity index (χ1n) is 18.5. The molecule has 0 saturated heterocycles. The van der Waals surface area contributed by atoms with E-state index in [1.807, 2.05) is 0 Å². The van der Waals surface area contributed by atoms with Crippen LogP contribution in [0, 0.1) is 17.6 Å². The molecule has 22 heteroatoms. The second-order valence-electron chi connectivity index (χ2n) is 15.8. The zero-order valence-electron chi connectivity index (χ0n) is 32.1. The molecular weight excluding hydrogens is 844 g/mol. The molecule has 0 radical (unpaired) electrons. The first-order chi connectivity index (χ1) is 28.0. The molecule has 1 fully saturated rings. The van der Waals surface area contributed by atoms with Crippen LogP contribution >= 0.6 is 11.3 Å². The van der Waals surface area contributed by atoms with Crippen LogP contribution in [0.1, 0.15) is 66.9 Å². The number of aliphatic hydroxyl groups is 1. The Labute approximate surface area is 341 Å². The van der Waals surface area contributed by atoms with Crippen LogP contribution in [0.3, 0.4) is 0 Å². The number of sulfonamides is 1. The number of nitrogens with one attached hydrogen (secondary N) is 3. The predicted octanol–water partition coefficient (Wildman–Crippen LogP) is 6.99. The maximum atomic E-state index is 15.7. The number of rotatable bonds is 12. The molecule has 0 unspecified atom stereocenters. The third-order valence-electron chi connectivity index (χ3n) is 10.5. The van der Waals surface area contributed by atoms with Gasteiger partial charge >= 0.3 is 6.18 Å². The van der Waals surface area contributed by atoms with Crippen molar-refractivity contribution in [2.75, 3.05) is 22.8 Å². The molecule has 2 aliphatic carbocycles. The molecule has 4 N–H and O–H groups in total. The summed E-state index contributed by atoms with van der Waals surface area (Å²) < 4.78 is 133. The van der Waals surface area contributed by atoms with Crippen molar-refractivity contribution in [3.05, 3.63) is 82.3 Å². The van der Waals surface area contributed by atoms with Crippen LogP contribution < -0.4 is 15.4 Å². The van der Waals surface area contributed by atoms with E-state index in [2.05, 4.69) is 30.5 Å². The van der Waals surface area contributed by atoms with E-state index in [1.54, 1.807) is 45.2 Å². The van der Waals surface area contributed by atoms with Crippen molar-refractivity contribution in [1.82, 2.24) is 34.8 Å². The number of carbonyl (C=O) groups is 1. The average Bonchev–Trinajstić information content (AvgIpc) is 3.80. The van der Waals surface area contributed by atoms with Gasteiger partial charge in [-0.05, 0) is 68.9 Å². The van der Waals surface area contributed by atoms with Crippen LogP contribution in [0.5, 0.6) is 0 Å². The van der Waals surface area contributed by atoms with Gasteiger partial charge in [-0.25, -0.2) is 27.2 Å². The van der Waals surface area contributed by atoms with E-state index in [1.165, 1.54) is 4.68 Å². The van der Waals surface area contributed by atoms with Gasteiger partial charge < -0.3 is 15.7 Å². The molecule has 3 atom stereocenters. The average molecular weight is 880 g/mol. The summed E-state index contributed by atoms with van der Waals surface area (Å²) in [6, 6.07) is 7.88. The molecule has 4 aromatic heterocycles. The van der Waals surface area contributed by atoms with Crippen LogP contribution in [-0.4, -0.2) is 67.4 Å². The molecular formula is C38H36F7N9O4S2. The van der Waals surface area contributed by atoms with Gasteiger partial charge in [-0.15, -0.1) is 0 Å². The normalized spacial score (nSPS) is 18.0. The fourth-order valence-corrected chi connectivity index (χ4v) is 9.39. The number of carbonyl (C=O) groups excluding carboxylic acids is 1. The number of anilines is 2. The standard InChI is InChI=1S/C38H36F7N9O4S2/c1-36(2,56)16-46-35-49-34-26(59-35)14-23(20-6-5-7-22-30(20)53(3)51-33(22)52-60(4,57)58)29(48-34)25(12-17-10-18(39)13-19(40)11-17)47-27(55)15-54-32-28(31(50-54)38(43,44)45)21-8-9-24(21)37(32,41)42/h5-7,10-11,13-14,21,24-25,56H,8-9,12,15-16H2,1-4H3,(H,47,55)(H,51,52)(H,46,48,49)/t21-,24+,25-/m0/s1. The minimum Gasteiger partial charge on any atom is -0.389 e. The molecule has 0 aliphatic heterocycles. The van der Waals surface area contributed by atoms with Crippen molar-refractivity contribution >= 4 is 59.5 Å². The number of para-hydroxylation sites is 1. The third-order valence-corrected chi connectivity index (χ3v) is 12.0. The van der Waals surface area contributed by atoms with Crippen molar-refractivity contribution in [1.29, 1.82) is 0 Å². The molecule has 2 aromatic carbocycles. The van der Waals surface area contributed by atoms with Gasteiger partial charge in [-0.2, -0.15) is 32.1 Å². The highest BCUT2D eigenvalue weighted by Crippen LogP contribution is 2.64. The Morgan fingerprint density at radius 3 is 2.40 bits per heavy atom. The van der Waals surface area contributed by atoms with Gasteiger partial charge in [0, 0.05) is 47.7 Å². The van der Waals surface area contributed by atoms with Gasteiger partial charge in [-0.1, -0.05) is 23.5 Å². The maximum Gasteiger partial charge on any atom is 0.435 e. The summed E-state index contributed by atoms with van der Waals surface area (Å²) in [5.74, 6) is -9.09. The summed E-state index contributed by atoms with van der Waals surface area (Å²) in [5, 5.41) is 24.6. The number of halogens is 7. The number of hydrogen-bond donors (Lipinski definition) is 4. The van der Waals surface area contributed by atoms with Crippen LogP contribution in [0.15, 0.2) is 42.5 Å². The lowest BCUT2D eigenvalue weighted by atomic mass is 9.73. The summed E-state index contributed by atoms with van der Waals surface area (Å²) in [7, 11) is -2.23. The topological polar surface area (TPSA) is 169 Å². The highest BCUT2D eigenvalue weighted by Gasteiger charge is 2.63. The van der Waals surface area contributed by atoms with Gasteiger partial charge in [0.25, 0.3) is 5.92 Å². The molecule has 2 aliphatic rings. The zero-order valence-corrected chi connectivity index (χ0v) is 33.8. The Morgan fingerprint density at radius 1 is 1.05 bits per heavy atom. The number of hydrogen-bond acceptors (Lipinski definition) is 10. The molecule has 1 amide bonds. The predicted molar refractivity (Wildman–Crippen MR) is 208 cm³/mol. The Balaban J connectivity index is 1.28. The van der Waals surface area contributed by atoms with Gasteiger partial charge in [0.15, 0.2) is 22.3 Å². The summed E-state index contributed by atoms with van der Waals surface area (Å²) in [6.07, 6.45) is -4.39. The number of fused-ring (bicyclic) bond motifs is 5. The van der Waals surface area contributed by atoms with E-state index < -0.39 is 86.6 Å². The number of thiazole rings is 1. The zero-order chi connectivity index (χ0) is 43.3. The van der Waals surface area contributed by atoms with Crippen LogP contribution in [0.25, 0.3) is 32.4 Å². The quantitative estimate of drug-likeness (QED) is 0.0948. The molecule has 1 saturated carbocycles. The highest BCUT2D eigenvalue weighted by molar-refractivity contribution is 7.92. The van der Waals surface area contributed by atoms with Crippen molar-refractivity contribution < 1.29 is 49.1 Å². The van der Waals surface area contributed by atoms with Gasteiger partial charge in [0.1, 0.15) is 23.9 Å². The molecule has 4 heterocycles. The first-order valence-corrected chi connectivity index (χ1v) is 21.2. The molecule has 6 aromatic rings. The Bertz CT molecular complexity index is 2790. The van der Waals surface area contributed by atoms with Crippen molar-refractivity contribution in [3.8, 4) is 11.1 Å². The molecule has 13 nitrogen and oxygen atoms in total. The second kappa shape index (κ2) is 14.4. The van der Waals surface area contributed by atoms with E-state index in [-0.39, 0.29) is 48.5 Å². The molecule has 60 heavy (non-hydrogen) atoms. The minimum absolute atomic E-state index is 0.000123. The molecule has 8 rings (SSSR count). The van der Waals surface area contributed by atoms with Gasteiger partial charge in [-0.3, -0.25) is 18.9 Å². The Hall–Kier alpha value is -5.35. The molecule has 318 valence electrons. The fourth-order valence-electron chi connectivity index (χ4n) is 8.05. The lowest BCUT2D eigenvalue weighted by molar-refractivity contribution is -0.144. The van der Waals surface area contributed by atoms with Gasteiger partial charge in [0.05, 0.1) is 33.8 Å².